The Kier molecular flexibility index (Phi) is 5.00. The number of nitrogens with one attached hydrogen (secondary N) is 1. The average molecular weight is 261 g/mol. The minimum absolute atomic E-state index is 0.361. The molecular formula is C17H27NO. The highest BCUT2D eigenvalue weighted by molar-refractivity contribution is 5.31. The summed E-state index contributed by atoms with van der Waals surface area (Å²) in [4.78, 5) is 0. The van der Waals surface area contributed by atoms with Crippen molar-refractivity contribution in [1.82, 2.24) is 5.32 Å². The number of hydrogen-bond donors (Lipinski definition) is 1. The lowest BCUT2D eigenvalue weighted by atomic mass is 9.94. The second-order valence-corrected chi connectivity index (χ2v) is 5.84. The Bertz CT molecular complexity index is 412. The summed E-state index contributed by atoms with van der Waals surface area (Å²) in [5, 5.41) is 3.63. The molecular weight excluding hydrogens is 234 g/mol. The van der Waals surface area contributed by atoms with Gasteiger partial charge in [-0.15, -0.1) is 0 Å². The van der Waals surface area contributed by atoms with Crippen LogP contribution in [0, 0.1) is 19.8 Å². The molecule has 2 heteroatoms. The Balaban J connectivity index is 2.12. The highest BCUT2D eigenvalue weighted by Crippen LogP contribution is 2.36. The van der Waals surface area contributed by atoms with Crippen LogP contribution in [0.25, 0.3) is 0 Å². The summed E-state index contributed by atoms with van der Waals surface area (Å²) in [6, 6.07) is 7.17. The third-order valence-electron chi connectivity index (χ3n) is 4.17. The van der Waals surface area contributed by atoms with E-state index >= 15 is 0 Å². The predicted octanol–water partition coefficient (Wildman–Crippen LogP) is 3.25. The van der Waals surface area contributed by atoms with Crippen LogP contribution in [0.5, 0.6) is 0 Å². The van der Waals surface area contributed by atoms with Crippen molar-refractivity contribution >= 4 is 0 Å². The SMILES string of the molecule is CCNC(Cc1cc(C)ccc1C)C(OC)C1CC1. The number of aryl methyl sites for hydroxylation is 2. The maximum absolute atomic E-state index is 5.77. The summed E-state index contributed by atoms with van der Waals surface area (Å²) in [5.41, 5.74) is 4.18. The van der Waals surface area contributed by atoms with Gasteiger partial charge in [-0.25, -0.2) is 0 Å². The molecule has 2 rings (SSSR count). The van der Waals surface area contributed by atoms with E-state index in [0.29, 0.717) is 12.1 Å². The molecule has 0 heterocycles. The zero-order valence-corrected chi connectivity index (χ0v) is 12.7. The minimum atomic E-state index is 0.361. The molecule has 0 bridgehead atoms. The molecule has 1 N–H and O–H groups in total. The highest BCUT2D eigenvalue weighted by Gasteiger charge is 2.36. The van der Waals surface area contributed by atoms with Crippen LogP contribution in [0.1, 0.15) is 36.5 Å². The molecule has 0 spiro atoms. The summed E-state index contributed by atoms with van der Waals surface area (Å²) in [6.07, 6.45) is 4.08. The molecule has 1 saturated carbocycles. The highest BCUT2D eigenvalue weighted by atomic mass is 16.5. The fraction of sp³-hybridized carbons (Fsp3) is 0.647. The molecule has 19 heavy (non-hydrogen) atoms. The minimum Gasteiger partial charge on any atom is -0.380 e. The van der Waals surface area contributed by atoms with Gasteiger partial charge in [0.15, 0.2) is 0 Å². The van der Waals surface area contributed by atoms with Gasteiger partial charge in [-0.05, 0) is 56.7 Å². The van der Waals surface area contributed by atoms with Crippen LogP contribution >= 0.6 is 0 Å². The van der Waals surface area contributed by atoms with Crippen molar-refractivity contribution in [2.45, 2.75) is 52.2 Å². The summed E-state index contributed by atoms with van der Waals surface area (Å²) in [7, 11) is 1.86. The number of benzene rings is 1. The maximum Gasteiger partial charge on any atom is 0.0755 e. The first-order valence-electron chi connectivity index (χ1n) is 7.48. The molecule has 1 aliphatic carbocycles. The molecule has 0 radical (unpaired) electrons. The fourth-order valence-electron chi connectivity index (χ4n) is 2.93. The number of ether oxygens (including phenoxy) is 1. The second kappa shape index (κ2) is 6.53. The standard InChI is InChI=1S/C17H27NO/c1-5-18-16(17(19-4)14-8-9-14)11-15-10-12(2)6-7-13(15)3/h6-7,10,14,16-18H,5,8-9,11H2,1-4H3. The molecule has 2 atom stereocenters. The lowest BCUT2D eigenvalue weighted by Gasteiger charge is -2.27. The largest absolute Gasteiger partial charge is 0.380 e. The average Bonchev–Trinajstić information content (AvgIpc) is 3.19. The molecule has 0 saturated heterocycles. The van der Waals surface area contributed by atoms with Gasteiger partial charge in [0, 0.05) is 13.2 Å². The van der Waals surface area contributed by atoms with Gasteiger partial charge in [-0.3, -0.25) is 0 Å². The van der Waals surface area contributed by atoms with Crippen LogP contribution in [-0.4, -0.2) is 25.8 Å². The van der Waals surface area contributed by atoms with Crippen molar-refractivity contribution in [2.24, 2.45) is 5.92 Å². The predicted molar refractivity (Wildman–Crippen MR) is 80.6 cm³/mol. The van der Waals surface area contributed by atoms with E-state index < -0.39 is 0 Å². The molecule has 2 nitrogen and oxygen atoms in total. The molecule has 0 amide bonds. The second-order valence-electron chi connectivity index (χ2n) is 5.84. The Morgan fingerprint density at radius 1 is 1.32 bits per heavy atom. The molecule has 0 aliphatic heterocycles. The van der Waals surface area contributed by atoms with Gasteiger partial charge in [0.05, 0.1) is 6.10 Å². The third-order valence-corrected chi connectivity index (χ3v) is 4.17. The zero-order chi connectivity index (χ0) is 13.8. The molecule has 1 fully saturated rings. The molecule has 1 aliphatic rings. The van der Waals surface area contributed by atoms with Crippen LogP contribution in [0.15, 0.2) is 18.2 Å². The lowest BCUT2D eigenvalue weighted by molar-refractivity contribution is 0.0515. The van der Waals surface area contributed by atoms with Crippen molar-refractivity contribution in [2.75, 3.05) is 13.7 Å². The number of methoxy groups -OCH3 is 1. The van der Waals surface area contributed by atoms with E-state index in [4.69, 9.17) is 4.74 Å². The zero-order valence-electron chi connectivity index (χ0n) is 12.7. The lowest BCUT2D eigenvalue weighted by Crippen LogP contribution is -2.43. The quantitative estimate of drug-likeness (QED) is 0.813. The van der Waals surface area contributed by atoms with E-state index in [2.05, 4.69) is 44.3 Å². The van der Waals surface area contributed by atoms with E-state index in [0.717, 1.165) is 18.9 Å². The molecule has 2 unspecified atom stereocenters. The molecule has 1 aromatic carbocycles. The summed E-state index contributed by atoms with van der Waals surface area (Å²) in [5.74, 6) is 0.763. The van der Waals surface area contributed by atoms with E-state index in [1.165, 1.54) is 29.5 Å². The number of hydrogen-bond acceptors (Lipinski definition) is 2. The van der Waals surface area contributed by atoms with Crippen LogP contribution in [0.3, 0.4) is 0 Å². The van der Waals surface area contributed by atoms with Gasteiger partial charge in [0.1, 0.15) is 0 Å². The van der Waals surface area contributed by atoms with E-state index in [9.17, 15) is 0 Å². The van der Waals surface area contributed by atoms with Crippen molar-refractivity contribution in [3.63, 3.8) is 0 Å². The molecule has 1 aromatic rings. The van der Waals surface area contributed by atoms with E-state index in [1.807, 2.05) is 7.11 Å². The third kappa shape index (κ3) is 3.80. The molecule has 106 valence electrons. The Morgan fingerprint density at radius 3 is 2.63 bits per heavy atom. The Hall–Kier alpha value is -0.860. The van der Waals surface area contributed by atoms with Crippen molar-refractivity contribution in [1.29, 1.82) is 0 Å². The number of likely N-dealkylation sites (N-methyl/N-ethyl adjacent to an activating group) is 1. The first-order chi connectivity index (χ1) is 9.15. The fourth-order valence-corrected chi connectivity index (χ4v) is 2.93. The van der Waals surface area contributed by atoms with E-state index in [-0.39, 0.29) is 0 Å². The number of rotatable bonds is 7. The first kappa shape index (κ1) is 14.5. The summed E-state index contributed by atoms with van der Waals surface area (Å²) >= 11 is 0. The Morgan fingerprint density at radius 2 is 2.05 bits per heavy atom. The summed E-state index contributed by atoms with van der Waals surface area (Å²) < 4.78 is 5.77. The smallest absolute Gasteiger partial charge is 0.0755 e. The van der Waals surface area contributed by atoms with Gasteiger partial charge in [0.25, 0.3) is 0 Å². The van der Waals surface area contributed by atoms with Crippen LogP contribution in [-0.2, 0) is 11.2 Å². The van der Waals surface area contributed by atoms with Crippen molar-refractivity contribution < 1.29 is 4.74 Å². The monoisotopic (exact) mass is 261 g/mol. The summed E-state index contributed by atoms with van der Waals surface area (Å²) in [6.45, 7) is 7.55. The maximum atomic E-state index is 5.77. The van der Waals surface area contributed by atoms with Gasteiger partial charge in [-0.2, -0.15) is 0 Å². The van der Waals surface area contributed by atoms with Crippen LogP contribution in [0.4, 0.5) is 0 Å². The van der Waals surface area contributed by atoms with Crippen LogP contribution < -0.4 is 5.32 Å². The van der Waals surface area contributed by atoms with Gasteiger partial charge in [-0.1, -0.05) is 30.7 Å². The van der Waals surface area contributed by atoms with Crippen molar-refractivity contribution in [3.05, 3.63) is 34.9 Å². The Labute approximate surface area is 117 Å². The van der Waals surface area contributed by atoms with Gasteiger partial charge >= 0.3 is 0 Å². The van der Waals surface area contributed by atoms with Crippen molar-refractivity contribution in [3.8, 4) is 0 Å². The van der Waals surface area contributed by atoms with Gasteiger partial charge in [0.2, 0.25) is 0 Å². The van der Waals surface area contributed by atoms with Crippen LogP contribution in [0.2, 0.25) is 0 Å². The van der Waals surface area contributed by atoms with E-state index in [1.54, 1.807) is 0 Å². The van der Waals surface area contributed by atoms with Gasteiger partial charge < -0.3 is 10.1 Å². The molecule has 0 aromatic heterocycles. The normalized spacial score (nSPS) is 18.3. The first-order valence-corrected chi connectivity index (χ1v) is 7.48. The topological polar surface area (TPSA) is 21.3 Å².